The molecular formula is C19H24N2O4. The molecule has 2 aliphatic rings. The van der Waals surface area contributed by atoms with Crippen LogP contribution in [0.4, 0.5) is 4.79 Å². The van der Waals surface area contributed by atoms with Crippen LogP contribution in [0, 0.1) is 12.8 Å². The number of hydrogen-bond acceptors (Lipinski definition) is 4. The van der Waals surface area contributed by atoms with Crippen LogP contribution in [0.15, 0.2) is 24.3 Å². The second-order valence-electron chi connectivity index (χ2n) is 7.09. The highest BCUT2D eigenvalue weighted by Crippen LogP contribution is 2.38. The number of nitrogens with one attached hydrogen (secondary N) is 1. The lowest BCUT2D eigenvalue weighted by Gasteiger charge is -2.36. The van der Waals surface area contributed by atoms with Crippen molar-refractivity contribution in [3.63, 3.8) is 0 Å². The third kappa shape index (κ3) is 3.38. The first-order valence-electron chi connectivity index (χ1n) is 8.77. The smallest absolute Gasteiger partial charge is 0.326 e. The lowest BCUT2D eigenvalue weighted by molar-refractivity contribution is -0.149. The number of benzene rings is 1. The summed E-state index contributed by atoms with van der Waals surface area (Å²) in [6.45, 7) is 3.73. The summed E-state index contributed by atoms with van der Waals surface area (Å²) < 4.78 is 5.23. The van der Waals surface area contributed by atoms with Crippen LogP contribution in [0.1, 0.15) is 43.7 Å². The van der Waals surface area contributed by atoms with E-state index in [9.17, 15) is 14.4 Å². The van der Waals surface area contributed by atoms with Crippen molar-refractivity contribution in [1.82, 2.24) is 10.2 Å². The summed E-state index contributed by atoms with van der Waals surface area (Å²) in [5.41, 5.74) is 1.12. The van der Waals surface area contributed by atoms with E-state index in [1.807, 2.05) is 38.1 Å². The molecule has 2 fully saturated rings. The number of nitrogens with zero attached hydrogens (tertiary/aromatic N) is 1. The number of hydrogen-bond donors (Lipinski definition) is 1. The average Bonchev–Trinajstić information content (AvgIpc) is 2.81. The number of ether oxygens (including phenoxy) is 1. The molecule has 1 aliphatic carbocycles. The Kier molecular flexibility index (Phi) is 4.79. The van der Waals surface area contributed by atoms with Gasteiger partial charge in [-0.05, 0) is 31.2 Å². The Morgan fingerprint density at radius 3 is 2.88 bits per heavy atom. The zero-order valence-corrected chi connectivity index (χ0v) is 14.7. The molecule has 134 valence electrons. The van der Waals surface area contributed by atoms with Crippen LogP contribution in [0.3, 0.4) is 0 Å². The minimum Gasteiger partial charge on any atom is -0.459 e. The van der Waals surface area contributed by atoms with Crippen LogP contribution >= 0.6 is 0 Å². The molecule has 1 aromatic rings. The molecule has 2 unspecified atom stereocenters. The van der Waals surface area contributed by atoms with Gasteiger partial charge in [-0.15, -0.1) is 0 Å². The van der Waals surface area contributed by atoms with E-state index in [0.717, 1.165) is 35.3 Å². The highest BCUT2D eigenvalue weighted by molar-refractivity contribution is 6.08. The van der Waals surface area contributed by atoms with Crippen molar-refractivity contribution in [2.75, 3.05) is 6.54 Å². The van der Waals surface area contributed by atoms with E-state index in [0.29, 0.717) is 6.42 Å². The van der Waals surface area contributed by atoms with Gasteiger partial charge in [0.2, 0.25) is 0 Å². The molecule has 2 atom stereocenters. The largest absolute Gasteiger partial charge is 0.459 e. The first-order valence-corrected chi connectivity index (χ1v) is 8.77. The molecule has 1 aliphatic heterocycles. The molecule has 6 nitrogen and oxygen atoms in total. The monoisotopic (exact) mass is 344 g/mol. The Hall–Kier alpha value is -2.37. The van der Waals surface area contributed by atoms with Gasteiger partial charge < -0.3 is 10.1 Å². The van der Waals surface area contributed by atoms with Gasteiger partial charge in [-0.3, -0.25) is 14.5 Å². The van der Waals surface area contributed by atoms with Gasteiger partial charge in [0.15, 0.2) is 0 Å². The Balaban J connectivity index is 1.61. The first-order chi connectivity index (χ1) is 11.9. The molecule has 1 saturated carbocycles. The molecule has 1 N–H and O–H groups in total. The van der Waals surface area contributed by atoms with Gasteiger partial charge in [-0.25, -0.2) is 4.79 Å². The minimum absolute atomic E-state index is 0.0750. The topological polar surface area (TPSA) is 75.7 Å². The standard InChI is InChI=1S/C19H24N2O4/c1-13-6-5-8-15(10-13)12-25-16(22)11-21-17(23)19(20-18(21)24)9-4-3-7-14(19)2/h5-6,8,10,14H,3-4,7,9,11-12H2,1-2H3,(H,20,24). The fraction of sp³-hybridized carbons (Fsp3) is 0.526. The Bertz CT molecular complexity index is 702. The molecule has 1 saturated heterocycles. The number of imide groups is 1. The van der Waals surface area contributed by atoms with Crippen LogP contribution in [-0.2, 0) is 20.9 Å². The lowest BCUT2D eigenvalue weighted by Crippen LogP contribution is -2.54. The van der Waals surface area contributed by atoms with Crippen LogP contribution in [0.25, 0.3) is 0 Å². The number of esters is 1. The van der Waals surface area contributed by atoms with Gasteiger partial charge in [0.05, 0.1) is 0 Å². The summed E-state index contributed by atoms with van der Waals surface area (Å²) in [6, 6.07) is 7.16. The van der Waals surface area contributed by atoms with E-state index in [2.05, 4.69) is 5.32 Å². The van der Waals surface area contributed by atoms with Crippen molar-refractivity contribution in [1.29, 1.82) is 0 Å². The van der Waals surface area contributed by atoms with E-state index < -0.39 is 17.5 Å². The molecule has 3 amide bonds. The van der Waals surface area contributed by atoms with Crippen LogP contribution in [-0.4, -0.2) is 34.9 Å². The summed E-state index contributed by atoms with van der Waals surface area (Å²) in [5, 5.41) is 2.84. The first kappa shape index (κ1) is 17.5. The van der Waals surface area contributed by atoms with E-state index >= 15 is 0 Å². The van der Waals surface area contributed by atoms with Gasteiger partial charge in [0.1, 0.15) is 18.7 Å². The summed E-state index contributed by atoms with van der Waals surface area (Å²) in [5.74, 6) is -0.797. The summed E-state index contributed by atoms with van der Waals surface area (Å²) in [6.07, 6.45) is 3.50. The van der Waals surface area contributed by atoms with Gasteiger partial charge in [-0.1, -0.05) is 49.6 Å². The molecule has 6 heteroatoms. The molecule has 25 heavy (non-hydrogen) atoms. The van der Waals surface area contributed by atoms with Crippen molar-refractivity contribution in [3.05, 3.63) is 35.4 Å². The van der Waals surface area contributed by atoms with E-state index in [1.54, 1.807) is 0 Å². The number of amides is 3. The molecule has 1 heterocycles. The van der Waals surface area contributed by atoms with Crippen molar-refractivity contribution in [3.8, 4) is 0 Å². The number of rotatable bonds is 4. The molecule has 0 aromatic heterocycles. The van der Waals surface area contributed by atoms with Crippen molar-refractivity contribution < 1.29 is 19.1 Å². The fourth-order valence-electron chi connectivity index (χ4n) is 3.78. The highest BCUT2D eigenvalue weighted by atomic mass is 16.5. The van der Waals surface area contributed by atoms with E-state index in [-0.39, 0.29) is 25.0 Å². The molecule has 3 rings (SSSR count). The maximum atomic E-state index is 12.8. The Morgan fingerprint density at radius 1 is 1.36 bits per heavy atom. The number of aryl methyl sites for hydroxylation is 1. The Labute approximate surface area is 147 Å². The van der Waals surface area contributed by atoms with Gasteiger partial charge >= 0.3 is 12.0 Å². The third-order valence-corrected chi connectivity index (χ3v) is 5.27. The quantitative estimate of drug-likeness (QED) is 0.673. The molecule has 1 spiro atoms. The van der Waals surface area contributed by atoms with Gasteiger partial charge in [-0.2, -0.15) is 0 Å². The number of carbonyl (C=O) groups is 3. The van der Waals surface area contributed by atoms with E-state index in [1.165, 1.54) is 0 Å². The van der Waals surface area contributed by atoms with Gasteiger partial charge in [0.25, 0.3) is 5.91 Å². The van der Waals surface area contributed by atoms with Crippen molar-refractivity contribution in [2.45, 2.75) is 51.7 Å². The van der Waals surface area contributed by atoms with E-state index in [4.69, 9.17) is 4.74 Å². The number of carbonyl (C=O) groups excluding carboxylic acids is 3. The minimum atomic E-state index is -0.841. The molecule has 0 bridgehead atoms. The second-order valence-corrected chi connectivity index (χ2v) is 7.09. The predicted octanol–water partition coefficient (Wildman–Crippen LogP) is 2.54. The molecule has 1 aromatic carbocycles. The predicted molar refractivity (Wildman–Crippen MR) is 91.6 cm³/mol. The van der Waals surface area contributed by atoms with Gasteiger partial charge in [0, 0.05) is 0 Å². The summed E-state index contributed by atoms with van der Waals surface area (Å²) in [4.78, 5) is 38.1. The van der Waals surface area contributed by atoms with Crippen molar-refractivity contribution >= 4 is 17.9 Å². The second kappa shape index (κ2) is 6.86. The SMILES string of the molecule is Cc1cccc(COC(=O)CN2C(=O)NC3(CCCCC3C)C2=O)c1. The number of urea groups is 1. The lowest BCUT2D eigenvalue weighted by atomic mass is 9.73. The molecular weight excluding hydrogens is 320 g/mol. The highest BCUT2D eigenvalue weighted by Gasteiger charge is 2.55. The van der Waals surface area contributed by atoms with Crippen molar-refractivity contribution in [2.24, 2.45) is 5.92 Å². The summed E-state index contributed by atoms with van der Waals surface area (Å²) >= 11 is 0. The molecule has 0 radical (unpaired) electrons. The normalized spacial score (nSPS) is 26.0. The zero-order chi connectivity index (χ0) is 18.0. The summed E-state index contributed by atoms with van der Waals surface area (Å²) in [7, 11) is 0. The maximum Gasteiger partial charge on any atom is 0.326 e. The van der Waals surface area contributed by atoms with Crippen LogP contribution < -0.4 is 5.32 Å². The average molecular weight is 344 g/mol. The zero-order valence-electron chi connectivity index (χ0n) is 14.7. The van der Waals surface area contributed by atoms with Crippen LogP contribution in [0.2, 0.25) is 0 Å². The van der Waals surface area contributed by atoms with Crippen LogP contribution in [0.5, 0.6) is 0 Å². The third-order valence-electron chi connectivity index (χ3n) is 5.27. The Morgan fingerprint density at radius 2 is 2.16 bits per heavy atom. The maximum absolute atomic E-state index is 12.8. The fourth-order valence-corrected chi connectivity index (χ4v) is 3.78.